The molecule has 1 atom stereocenters. The van der Waals surface area contributed by atoms with Gasteiger partial charge in [0.25, 0.3) is 0 Å². The number of ether oxygens (including phenoxy) is 1. The average Bonchev–Trinajstić information content (AvgIpc) is 3.30. The molecule has 3 heterocycles. The molecule has 2 aromatic carbocycles. The van der Waals surface area contributed by atoms with E-state index in [1.54, 1.807) is 0 Å². The van der Waals surface area contributed by atoms with Gasteiger partial charge in [-0.3, -0.25) is 9.59 Å². The Hall–Kier alpha value is -2.66. The largest absolute Gasteiger partial charge is 0.375 e. The van der Waals surface area contributed by atoms with Crippen molar-refractivity contribution in [3.05, 3.63) is 60.2 Å². The number of Topliss-reactive ketones (excluding diaryl/α,β-unsaturated/α-hetero) is 1. The second kappa shape index (κ2) is 9.68. The molecule has 2 aromatic rings. The van der Waals surface area contributed by atoms with Crippen LogP contribution in [-0.4, -0.2) is 43.5 Å². The molecule has 0 N–H and O–H groups in total. The molecular weight excluding hydrogens is 412 g/mol. The fourth-order valence-electron chi connectivity index (χ4n) is 5.73. The van der Waals surface area contributed by atoms with E-state index < -0.39 is 0 Å². The van der Waals surface area contributed by atoms with Crippen LogP contribution in [0, 0.1) is 5.92 Å². The fourth-order valence-corrected chi connectivity index (χ4v) is 5.73. The predicted octanol–water partition coefficient (Wildman–Crippen LogP) is 4.78. The maximum atomic E-state index is 13.2. The predicted molar refractivity (Wildman–Crippen MR) is 131 cm³/mol. The average molecular weight is 447 g/mol. The minimum Gasteiger partial charge on any atom is -0.375 e. The summed E-state index contributed by atoms with van der Waals surface area (Å²) >= 11 is 0. The second-order valence-electron chi connectivity index (χ2n) is 9.87. The Morgan fingerprint density at radius 1 is 0.909 bits per heavy atom. The lowest BCUT2D eigenvalue weighted by Gasteiger charge is -2.40. The third-order valence-electron chi connectivity index (χ3n) is 7.65. The van der Waals surface area contributed by atoms with E-state index in [9.17, 15) is 9.59 Å². The second-order valence-corrected chi connectivity index (χ2v) is 9.87. The number of benzene rings is 2. The van der Waals surface area contributed by atoms with E-state index in [2.05, 4.69) is 29.2 Å². The monoisotopic (exact) mass is 446 g/mol. The number of piperidine rings is 2. The molecule has 0 bridgehead atoms. The quantitative estimate of drug-likeness (QED) is 0.641. The smallest absolute Gasteiger partial charge is 0.230 e. The first-order valence-corrected chi connectivity index (χ1v) is 12.5. The van der Waals surface area contributed by atoms with Crippen molar-refractivity contribution in [2.24, 2.45) is 5.92 Å². The number of rotatable bonds is 6. The van der Waals surface area contributed by atoms with Gasteiger partial charge in [-0.25, -0.2) is 0 Å². The summed E-state index contributed by atoms with van der Waals surface area (Å²) in [5, 5.41) is 0. The van der Waals surface area contributed by atoms with Crippen molar-refractivity contribution in [3.63, 3.8) is 0 Å². The number of amides is 1. The first-order valence-electron chi connectivity index (χ1n) is 12.5. The number of anilines is 2. The van der Waals surface area contributed by atoms with Gasteiger partial charge in [0.1, 0.15) is 5.78 Å². The number of ketones is 1. The molecule has 3 fully saturated rings. The Labute approximate surface area is 196 Å². The van der Waals surface area contributed by atoms with E-state index in [1.807, 2.05) is 35.2 Å². The van der Waals surface area contributed by atoms with E-state index in [0.717, 1.165) is 63.2 Å². The number of hydrogen-bond donors (Lipinski definition) is 0. The number of carbonyl (C=O) groups excluding carboxylic acids is 2. The fraction of sp³-hybridized carbons (Fsp3) is 0.500. The molecule has 1 amide bonds. The van der Waals surface area contributed by atoms with E-state index in [1.165, 1.54) is 18.5 Å². The molecule has 5 nitrogen and oxygen atoms in total. The molecular formula is C28H34N2O3. The molecule has 0 radical (unpaired) electrons. The van der Waals surface area contributed by atoms with Crippen molar-refractivity contribution in [2.45, 2.75) is 57.0 Å². The van der Waals surface area contributed by atoms with Crippen molar-refractivity contribution >= 4 is 23.1 Å². The molecule has 3 saturated heterocycles. The standard InChI is InChI=1S/C28H34N2O3/c31-26(20-22-6-2-1-3-7-22)21-23-8-4-16-30(27(23)32)25-11-9-24(10-12-25)29-17-14-28(15-18-29)13-5-19-33-28/h1-3,6-7,9-12,23H,4-5,8,13-21H2/t23-/m0/s1. The number of hydrogen-bond acceptors (Lipinski definition) is 4. The van der Waals surface area contributed by atoms with E-state index in [0.29, 0.717) is 12.8 Å². The van der Waals surface area contributed by atoms with E-state index in [4.69, 9.17) is 4.74 Å². The van der Waals surface area contributed by atoms with Gasteiger partial charge in [0, 0.05) is 56.4 Å². The lowest BCUT2D eigenvalue weighted by molar-refractivity contribution is -0.128. The highest BCUT2D eigenvalue weighted by molar-refractivity contribution is 5.98. The third-order valence-corrected chi connectivity index (χ3v) is 7.65. The first-order chi connectivity index (χ1) is 16.1. The summed E-state index contributed by atoms with van der Waals surface area (Å²) < 4.78 is 6.05. The molecule has 0 unspecified atom stereocenters. The van der Waals surface area contributed by atoms with Crippen molar-refractivity contribution < 1.29 is 14.3 Å². The van der Waals surface area contributed by atoms with Crippen LogP contribution in [0.2, 0.25) is 0 Å². The highest BCUT2D eigenvalue weighted by Crippen LogP contribution is 2.37. The van der Waals surface area contributed by atoms with Gasteiger partial charge in [0.15, 0.2) is 0 Å². The van der Waals surface area contributed by atoms with E-state index >= 15 is 0 Å². The van der Waals surface area contributed by atoms with Gasteiger partial charge in [0.05, 0.1) is 5.60 Å². The molecule has 3 aliphatic rings. The Kier molecular flexibility index (Phi) is 6.50. The zero-order valence-corrected chi connectivity index (χ0v) is 19.4. The third kappa shape index (κ3) is 4.98. The summed E-state index contributed by atoms with van der Waals surface area (Å²) in [6, 6.07) is 18.2. The van der Waals surface area contributed by atoms with Crippen LogP contribution >= 0.6 is 0 Å². The molecule has 1 spiro atoms. The summed E-state index contributed by atoms with van der Waals surface area (Å²) in [4.78, 5) is 30.1. The van der Waals surface area contributed by atoms with Crippen LogP contribution in [0.25, 0.3) is 0 Å². The highest BCUT2D eigenvalue weighted by Gasteiger charge is 2.38. The lowest BCUT2D eigenvalue weighted by atomic mass is 9.88. The van der Waals surface area contributed by atoms with Crippen LogP contribution in [0.4, 0.5) is 11.4 Å². The molecule has 3 aliphatic heterocycles. The van der Waals surface area contributed by atoms with Gasteiger partial charge in [-0.15, -0.1) is 0 Å². The minimum absolute atomic E-state index is 0.0914. The van der Waals surface area contributed by atoms with E-state index in [-0.39, 0.29) is 23.2 Å². The van der Waals surface area contributed by atoms with Crippen molar-refractivity contribution in [3.8, 4) is 0 Å². The summed E-state index contributed by atoms with van der Waals surface area (Å²) in [5.41, 5.74) is 3.30. The maximum Gasteiger partial charge on any atom is 0.230 e. The summed E-state index contributed by atoms with van der Waals surface area (Å²) in [7, 11) is 0. The molecule has 0 aromatic heterocycles. The summed E-state index contributed by atoms with van der Waals surface area (Å²) in [6.07, 6.45) is 7.05. The Balaban J connectivity index is 1.18. The van der Waals surface area contributed by atoms with Crippen LogP contribution in [0.1, 0.15) is 50.5 Å². The number of carbonyl (C=O) groups is 2. The van der Waals surface area contributed by atoms with Crippen LogP contribution in [-0.2, 0) is 20.7 Å². The van der Waals surface area contributed by atoms with Crippen molar-refractivity contribution in [1.29, 1.82) is 0 Å². The highest BCUT2D eigenvalue weighted by atomic mass is 16.5. The van der Waals surface area contributed by atoms with Crippen LogP contribution < -0.4 is 9.80 Å². The number of nitrogens with zero attached hydrogens (tertiary/aromatic N) is 2. The lowest BCUT2D eigenvalue weighted by Crippen LogP contribution is -2.44. The van der Waals surface area contributed by atoms with Gasteiger partial charge < -0.3 is 14.5 Å². The van der Waals surface area contributed by atoms with Gasteiger partial charge in [-0.1, -0.05) is 30.3 Å². The van der Waals surface area contributed by atoms with Crippen molar-refractivity contribution in [2.75, 3.05) is 36.0 Å². The van der Waals surface area contributed by atoms with Crippen LogP contribution in [0.15, 0.2) is 54.6 Å². The van der Waals surface area contributed by atoms with Gasteiger partial charge in [-0.05, 0) is 68.4 Å². The zero-order chi connectivity index (χ0) is 22.7. The van der Waals surface area contributed by atoms with Crippen molar-refractivity contribution in [1.82, 2.24) is 0 Å². The van der Waals surface area contributed by atoms with Crippen LogP contribution in [0.3, 0.4) is 0 Å². The molecule has 5 heteroatoms. The molecule has 5 rings (SSSR count). The summed E-state index contributed by atoms with van der Waals surface area (Å²) in [6.45, 7) is 3.68. The van der Waals surface area contributed by atoms with Gasteiger partial charge in [0.2, 0.25) is 5.91 Å². The minimum atomic E-state index is -0.209. The summed E-state index contributed by atoms with van der Waals surface area (Å²) in [5.74, 6) is 0.0268. The topological polar surface area (TPSA) is 49.9 Å². The Bertz CT molecular complexity index is 956. The molecule has 0 aliphatic carbocycles. The van der Waals surface area contributed by atoms with Gasteiger partial charge in [-0.2, -0.15) is 0 Å². The van der Waals surface area contributed by atoms with Gasteiger partial charge >= 0.3 is 0 Å². The molecule has 174 valence electrons. The Morgan fingerprint density at radius 2 is 1.64 bits per heavy atom. The maximum absolute atomic E-state index is 13.2. The first kappa shape index (κ1) is 22.1. The zero-order valence-electron chi connectivity index (χ0n) is 19.4. The Morgan fingerprint density at radius 3 is 2.33 bits per heavy atom. The van der Waals surface area contributed by atoms with Crippen LogP contribution in [0.5, 0.6) is 0 Å². The normalized spacial score (nSPS) is 22.7. The SMILES string of the molecule is O=C(Cc1ccccc1)C[C@@H]1CCCN(c2ccc(N3CCC4(CCCO4)CC3)cc2)C1=O. The molecule has 0 saturated carbocycles. The molecule has 33 heavy (non-hydrogen) atoms.